The molecule has 0 unspecified atom stereocenters. The van der Waals surface area contributed by atoms with Crippen LogP contribution in [-0.2, 0) is 51.1 Å². The molecule has 5 N–H and O–H groups in total. The van der Waals surface area contributed by atoms with Crippen molar-refractivity contribution in [2.75, 3.05) is 85.0 Å². The smallest absolute Gasteiger partial charge is 0.343 e. The van der Waals surface area contributed by atoms with Crippen molar-refractivity contribution >= 4 is 68.8 Å². The Morgan fingerprint density at radius 1 is 0.610 bits per heavy atom. The Hall–Kier alpha value is -4.24. The first-order valence-corrected chi connectivity index (χ1v) is 36.1. The first-order chi connectivity index (χ1) is 38.3. The largest absolute Gasteiger partial charge is 0.508 e. The minimum Gasteiger partial charge on any atom is -0.508 e. The molecule has 20 heteroatoms. The number of hydrogen-bond acceptors (Lipinski definition) is 14. The van der Waals surface area contributed by atoms with E-state index in [1.165, 1.54) is 59.7 Å². The van der Waals surface area contributed by atoms with Crippen LogP contribution in [0.5, 0.6) is 11.5 Å². The molecule has 82 heavy (non-hydrogen) atoms. The Morgan fingerprint density at radius 2 is 0.951 bits per heavy atom. The molecular weight excluding hydrogens is 1350 g/mol. The number of nitrogens with zero attached hydrogens (tertiary/aromatic N) is 3. The molecule has 449 valence electrons. The van der Waals surface area contributed by atoms with Crippen molar-refractivity contribution in [1.29, 1.82) is 0 Å². The molecular formula is C62H84I2N4O11S2V. The SMILES string of the molecule is C.CCN(C)C.CCNC.II.O=C(O)c1ccccc1.O=C(Oc1ccc(S(=O)(=O)CCN2CC[C@H](Cc3ccccc3)[C@H](O)C2)cc1)c1ccccc1.O=S(=O)(CCN1CC[C@H](Cc2ccccc2)[C@H](O)C1)c1ccc(O)cc1.[V]. The van der Waals surface area contributed by atoms with Gasteiger partial charge in [0.1, 0.15) is 11.5 Å². The quantitative estimate of drug-likeness (QED) is 0.0326. The molecule has 2 heterocycles. The summed E-state index contributed by atoms with van der Waals surface area (Å²) in [5.74, 6) is -0.672. The molecule has 0 spiro atoms. The van der Waals surface area contributed by atoms with Crippen molar-refractivity contribution in [1.82, 2.24) is 20.0 Å². The first-order valence-electron chi connectivity index (χ1n) is 26.6. The summed E-state index contributed by atoms with van der Waals surface area (Å²) in [7, 11) is -0.849. The van der Waals surface area contributed by atoms with Crippen LogP contribution in [0.15, 0.2) is 180 Å². The molecule has 0 aromatic heterocycles. The van der Waals surface area contributed by atoms with E-state index in [1.54, 1.807) is 54.6 Å². The summed E-state index contributed by atoms with van der Waals surface area (Å²) in [6, 6.07) is 48.7. The summed E-state index contributed by atoms with van der Waals surface area (Å²) >= 11 is 4.24. The Bertz CT molecular complexity index is 2870. The van der Waals surface area contributed by atoms with Crippen molar-refractivity contribution in [2.45, 2.75) is 69.0 Å². The predicted molar refractivity (Wildman–Crippen MR) is 343 cm³/mol. The first kappa shape index (κ1) is 75.8. The van der Waals surface area contributed by atoms with Gasteiger partial charge in [0.05, 0.1) is 44.6 Å². The molecule has 2 aliphatic rings. The average Bonchev–Trinajstić information content (AvgIpc) is 3.56. The second-order valence-electron chi connectivity index (χ2n) is 19.3. The molecule has 2 fully saturated rings. The molecule has 6 aromatic rings. The van der Waals surface area contributed by atoms with Crippen LogP contribution in [0.3, 0.4) is 0 Å². The number of carboxylic acid groups (broad SMARTS) is 1. The zero-order chi connectivity index (χ0) is 58.9. The van der Waals surface area contributed by atoms with Gasteiger partial charge >= 0.3 is 11.9 Å². The van der Waals surface area contributed by atoms with Gasteiger partial charge in [0.15, 0.2) is 19.7 Å². The number of carbonyl (C=O) groups is 2. The number of nitrogens with one attached hydrogen (secondary N) is 1. The maximum atomic E-state index is 12.8. The molecule has 6 aromatic carbocycles. The van der Waals surface area contributed by atoms with E-state index in [0.29, 0.717) is 37.3 Å². The summed E-state index contributed by atoms with van der Waals surface area (Å²) < 4.78 is 55.8. The monoisotopic (exact) mass is 1430 g/mol. The predicted octanol–water partition coefficient (Wildman–Crippen LogP) is 10.3. The molecule has 0 saturated carbocycles. The number of likely N-dealkylation sites (tertiary alicyclic amines) is 2. The zero-order valence-corrected chi connectivity index (χ0v) is 54.2. The average molecular weight is 1430 g/mol. The van der Waals surface area contributed by atoms with E-state index in [1.807, 2.05) is 59.3 Å². The van der Waals surface area contributed by atoms with Crippen molar-refractivity contribution in [3.05, 3.63) is 192 Å². The number of piperidine rings is 2. The number of esters is 1. The minimum absolute atomic E-state index is 0. The van der Waals surface area contributed by atoms with E-state index in [4.69, 9.17) is 9.84 Å². The minimum atomic E-state index is -3.50. The van der Waals surface area contributed by atoms with E-state index in [9.17, 15) is 41.7 Å². The van der Waals surface area contributed by atoms with Gasteiger partial charge in [-0.25, -0.2) is 26.4 Å². The number of aliphatic hydroxyl groups excluding tert-OH is 2. The van der Waals surface area contributed by atoms with E-state index >= 15 is 0 Å². The molecule has 8 rings (SSSR count). The fourth-order valence-corrected chi connectivity index (χ4v) is 10.8. The van der Waals surface area contributed by atoms with Crippen LogP contribution >= 0.6 is 37.2 Å². The number of phenols is 1. The third-order valence-electron chi connectivity index (χ3n) is 13.3. The van der Waals surface area contributed by atoms with Crippen LogP contribution < -0.4 is 10.1 Å². The fraction of sp³-hybridized carbons (Fsp3) is 0.387. The summed E-state index contributed by atoms with van der Waals surface area (Å²) in [5.41, 5.74) is 3.19. The maximum absolute atomic E-state index is 12.8. The van der Waals surface area contributed by atoms with Crippen molar-refractivity contribution < 1.29 is 70.1 Å². The second kappa shape index (κ2) is 41.7. The number of carboxylic acids is 1. The zero-order valence-electron chi connectivity index (χ0n) is 46.9. The number of aromatic carboxylic acids is 1. The Morgan fingerprint density at radius 3 is 1.27 bits per heavy atom. The number of hydrogen-bond donors (Lipinski definition) is 5. The topological polar surface area (TPSA) is 214 Å². The van der Waals surface area contributed by atoms with Crippen molar-refractivity contribution in [3.8, 4) is 11.5 Å². The van der Waals surface area contributed by atoms with E-state index in [-0.39, 0.29) is 70.6 Å². The second-order valence-corrected chi connectivity index (χ2v) is 23.6. The molecule has 0 amide bonds. The van der Waals surface area contributed by atoms with Crippen molar-refractivity contribution in [2.24, 2.45) is 11.8 Å². The third kappa shape index (κ3) is 29.0. The number of benzene rings is 6. The third-order valence-corrected chi connectivity index (χ3v) is 16.7. The number of carbonyl (C=O) groups excluding carboxylic acids is 1. The van der Waals surface area contributed by atoms with Gasteiger partial charge in [-0.2, -0.15) is 0 Å². The summed E-state index contributed by atoms with van der Waals surface area (Å²) in [5, 5.41) is 41.7. The van der Waals surface area contributed by atoms with Gasteiger partial charge in [-0.3, -0.25) is 9.80 Å². The number of sulfone groups is 2. The number of ether oxygens (including phenoxy) is 1. The van der Waals surface area contributed by atoms with Crippen LogP contribution in [-0.4, -0.2) is 161 Å². The number of aromatic hydroxyl groups is 1. The molecule has 0 bridgehead atoms. The Balaban J connectivity index is 0.000000614. The number of β-amino-alcohol motifs (C(OH)–C–C–N with tert-alkyl or cyclic N) is 2. The maximum Gasteiger partial charge on any atom is 0.343 e. The molecule has 15 nitrogen and oxygen atoms in total. The fourth-order valence-electron chi connectivity index (χ4n) is 8.23. The van der Waals surface area contributed by atoms with E-state index in [2.05, 4.69) is 99.7 Å². The number of halogens is 2. The molecule has 0 aliphatic carbocycles. The Labute approximate surface area is 523 Å². The van der Waals surface area contributed by atoms with Gasteiger partial charge in [-0.15, -0.1) is 0 Å². The van der Waals surface area contributed by atoms with Gasteiger partial charge in [0, 0.05) is 82.0 Å². The Kier molecular flexibility index (Phi) is 38.6. The molecule has 2 aliphatic heterocycles. The summed E-state index contributed by atoms with van der Waals surface area (Å²) in [4.78, 5) is 28.9. The number of phenolic OH excluding ortho intramolecular Hbond substituents is 1. The number of aliphatic hydroxyl groups is 2. The van der Waals surface area contributed by atoms with Gasteiger partial charge in [0.2, 0.25) is 0 Å². The molecule has 4 atom stereocenters. The van der Waals surface area contributed by atoms with Crippen LogP contribution in [0.1, 0.15) is 66.0 Å². The summed E-state index contributed by atoms with van der Waals surface area (Å²) in [6.45, 7) is 9.70. The summed E-state index contributed by atoms with van der Waals surface area (Å²) in [6.07, 6.45) is 2.44. The standard InChI is InChI=1S/C27H29NO5S.C20H25NO4S.C7H6O2.C4H11N.C3H9N.CH4.I2.V/c29-26-20-28(16-15-23(26)19-21-7-3-1-4-8-21)17-18-34(31,32)25-13-11-24(12-14-25)33-27(30)22-9-5-2-6-10-22;22-18-6-8-19(9-7-18)26(24,25)13-12-21-11-10-17(20(23)15-21)14-16-4-2-1-3-5-16;8-7(9)6-4-2-1-3-5-6;1-4-5(2)3;1-3-4-2;;1-2;/h1-14,23,26,29H,15-20H2;1-9,17,20,22-23H,10-15H2;1-5H,(H,8,9);4H2,1-3H3;4H,3H2,1-2H3;1H4;;/t23-,26-;17-,20-;;;;;;/m11....../s1. The normalized spacial score (nSPS) is 16.7. The molecule has 1 radical (unpaired) electrons. The van der Waals surface area contributed by atoms with Gasteiger partial charge < -0.3 is 35.4 Å². The van der Waals surface area contributed by atoms with Gasteiger partial charge in [-0.05, 0) is 169 Å². The van der Waals surface area contributed by atoms with E-state index in [0.717, 1.165) is 51.9 Å². The van der Waals surface area contributed by atoms with Crippen LogP contribution in [0.2, 0.25) is 0 Å². The van der Waals surface area contributed by atoms with Gasteiger partial charge in [-0.1, -0.05) is 118 Å². The number of rotatable bonds is 17. The van der Waals surface area contributed by atoms with E-state index < -0.39 is 43.8 Å². The van der Waals surface area contributed by atoms with Crippen LogP contribution in [0, 0.1) is 11.8 Å². The van der Waals surface area contributed by atoms with Crippen LogP contribution in [0.4, 0.5) is 0 Å². The van der Waals surface area contributed by atoms with Gasteiger partial charge in [0.25, 0.3) is 0 Å². The molecule has 2 saturated heterocycles. The van der Waals surface area contributed by atoms with Crippen LogP contribution in [0.25, 0.3) is 0 Å². The van der Waals surface area contributed by atoms with Crippen molar-refractivity contribution in [3.63, 3.8) is 0 Å².